The number of aromatic nitrogens is 1. The van der Waals surface area contributed by atoms with Crippen LogP contribution in [0.25, 0.3) is 10.9 Å². The maximum atomic E-state index is 13.9. The fourth-order valence-electron chi connectivity index (χ4n) is 9.08. The van der Waals surface area contributed by atoms with Crippen LogP contribution in [0.2, 0.25) is 0 Å². The Balaban J connectivity index is 0.953. The molecule has 5 fully saturated rings. The highest BCUT2D eigenvalue weighted by molar-refractivity contribution is 6.06. The molecular weight excluding hydrogens is 507 g/mol. The van der Waals surface area contributed by atoms with Crippen molar-refractivity contribution < 1.29 is 27.9 Å². The molecule has 9 heteroatoms. The number of fused-ring (bicyclic) bond motifs is 6. The Morgan fingerprint density at radius 1 is 1.00 bits per heavy atom. The maximum Gasteiger partial charge on any atom is 0.392 e. The van der Waals surface area contributed by atoms with Crippen LogP contribution in [0.15, 0.2) is 30.5 Å². The summed E-state index contributed by atoms with van der Waals surface area (Å²) in [6.07, 6.45) is -0.139. The Bertz CT molecular complexity index is 1280. The Hall–Kier alpha value is -2.39. The molecule has 210 valence electrons. The zero-order valence-corrected chi connectivity index (χ0v) is 22.1. The van der Waals surface area contributed by atoms with Crippen molar-refractivity contribution in [1.29, 1.82) is 0 Å². The summed E-state index contributed by atoms with van der Waals surface area (Å²) >= 11 is 0. The summed E-state index contributed by atoms with van der Waals surface area (Å²) in [6, 6.07) is 8.41. The second-order valence-electron chi connectivity index (χ2n) is 12.9. The second kappa shape index (κ2) is 9.06. The molecule has 0 spiro atoms. The quantitative estimate of drug-likeness (QED) is 0.530. The summed E-state index contributed by atoms with van der Waals surface area (Å²) in [5.41, 5.74) is 2.57. The lowest BCUT2D eigenvalue weighted by Gasteiger charge is -2.38. The summed E-state index contributed by atoms with van der Waals surface area (Å²) in [5, 5.41) is 11.5. The first kappa shape index (κ1) is 25.6. The van der Waals surface area contributed by atoms with Gasteiger partial charge in [-0.15, -0.1) is 0 Å². The molecular formula is C30H36F3N3O3. The standard InChI is InChI=1S/C30H36F3N3O3/c1-15(37)24-20-11-21(27(24)30(31,32)33)26-25(20)28(38)36(29(26)39)14-18-10-17(18)13-35-8-6-16(7-9-35)22-12-34-23-5-3-2-4-19(22)23/h2-5,12,15-18,20-21,24-27,34,37H,6-11,13-14H2,1H3/t15?,17-,18?,20?,21?,24?,25?,26?,27?/m1/s1. The zero-order chi connectivity index (χ0) is 27.2. The van der Waals surface area contributed by atoms with E-state index in [9.17, 15) is 27.9 Å². The number of halogens is 3. The largest absolute Gasteiger partial charge is 0.393 e. The van der Waals surface area contributed by atoms with Crippen LogP contribution < -0.4 is 0 Å². The van der Waals surface area contributed by atoms with Gasteiger partial charge in [0.25, 0.3) is 0 Å². The third kappa shape index (κ3) is 4.05. The van der Waals surface area contributed by atoms with Gasteiger partial charge in [-0.25, -0.2) is 0 Å². The molecule has 5 aliphatic rings. The minimum Gasteiger partial charge on any atom is -0.393 e. The lowest BCUT2D eigenvalue weighted by Crippen LogP contribution is -2.46. The predicted octanol–water partition coefficient (Wildman–Crippen LogP) is 4.41. The van der Waals surface area contributed by atoms with Crippen LogP contribution in [-0.4, -0.2) is 70.2 Å². The Labute approximate surface area is 225 Å². The number of aliphatic hydroxyl groups excluding tert-OH is 1. The molecule has 2 aromatic rings. The number of imide groups is 1. The molecule has 0 radical (unpaired) electrons. The number of aliphatic hydroxyl groups is 1. The fourth-order valence-corrected chi connectivity index (χ4v) is 9.08. The van der Waals surface area contributed by atoms with Gasteiger partial charge in [0.05, 0.1) is 23.9 Å². The lowest BCUT2D eigenvalue weighted by molar-refractivity contribution is -0.217. The van der Waals surface area contributed by atoms with E-state index in [1.54, 1.807) is 0 Å². The minimum atomic E-state index is -4.48. The average molecular weight is 544 g/mol. The molecule has 1 aromatic heterocycles. The van der Waals surface area contributed by atoms with Crippen molar-refractivity contribution in [3.63, 3.8) is 0 Å². The number of hydrogen-bond donors (Lipinski definition) is 2. The number of hydrogen-bond acceptors (Lipinski definition) is 4. The SMILES string of the molecule is CC(O)C1C2CC(C3C(=O)N(CC4C[C@@H]4CN4CCC(c5c[nH]c6ccccc56)CC4)C(=O)C23)C1C(F)(F)F. The number of amides is 2. The van der Waals surface area contributed by atoms with Crippen LogP contribution in [0.4, 0.5) is 13.2 Å². The van der Waals surface area contributed by atoms with E-state index >= 15 is 0 Å². The Morgan fingerprint density at radius 2 is 1.67 bits per heavy atom. The topological polar surface area (TPSA) is 76.6 Å². The number of carbonyl (C=O) groups excluding carboxylic acids is 2. The van der Waals surface area contributed by atoms with Crippen molar-refractivity contribution in [1.82, 2.24) is 14.8 Å². The lowest BCUT2D eigenvalue weighted by atomic mass is 9.67. The van der Waals surface area contributed by atoms with Crippen LogP contribution in [-0.2, 0) is 9.59 Å². The van der Waals surface area contributed by atoms with E-state index in [0.29, 0.717) is 18.4 Å². The van der Waals surface area contributed by atoms with Crippen molar-refractivity contribution >= 4 is 22.7 Å². The molecule has 2 amide bonds. The van der Waals surface area contributed by atoms with Crippen LogP contribution in [0, 0.1) is 47.3 Å². The van der Waals surface area contributed by atoms with E-state index in [4.69, 9.17) is 0 Å². The van der Waals surface area contributed by atoms with Crippen LogP contribution in [0.1, 0.15) is 44.1 Å². The Morgan fingerprint density at radius 3 is 2.36 bits per heavy atom. The summed E-state index contributed by atoms with van der Waals surface area (Å²) < 4.78 is 41.8. The minimum absolute atomic E-state index is 0.209. The van der Waals surface area contributed by atoms with Crippen LogP contribution in [0.3, 0.4) is 0 Å². The van der Waals surface area contributed by atoms with Crippen molar-refractivity contribution in [2.24, 2.45) is 47.3 Å². The summed E-state index contributed by atoms with van der Waals surface area (Å²) in [7, 11) is 0. The van der Waals surface area contributed by atoms with Gasteiger partial charge < -0.3 is 15.0 Å². The van der Waals surface area contributed by atoms with Crippen molar-refractivity contribution in [2.45, 2.75) is 50.8 Å². The molecule has 3 heterocycles. The van der Waals surface area contributed by atoms with Gasteiger partial charge >= 0.3 is 6.18 Å². The van der Waals surface area contributed by atoms with Gasteiger partial charge in [0.1, 0.15) is 0 Å². The van der Waals surface area contributed by atoms with E-state index in [1.165, 1.54) is 28.3 Å². The third-order valence-electron chi connectivity index (χ3n) is 10.9. The van der Waals surface area contributed by atoms with Crippen molar-refractivity contribution in [3.8, 4) is 0 Å². The number of piperidine rings is 1. The smallest absolute Gasteiger partial charge is 0.392 e. The maximum absolute atomic E-state index is 13.9. The number of para-hydroxylation sites is 1. The van der Waals surface area contributed by atoms with Gasteiger partial charge in [-0.3, -0.25) is 14.5 Å². The number of nitrogens with zero attached hydrogens (tertiary/aromatic N) is 2. The van der Waals surface area contributed by atoms with E-state index in [0.717, 1.165) is 38.9 Å². The molecule has 9 atom stereocenters. The molecule has 2 N–H and O–H groups in total. The first-order chi connectivity index (χ1) is 18.6. The predicted molar refractivity (Wildman–Crippen MR) is 138 cm³/mol. The summed E-state index contributed by atoms with van der Waals surface area (Å²) in [4.78, 5) is 33.8. The number of benzene rings is 1. The molecule has 8 unspecified atom stereocenters. The molecule has 3 aliphatic carbocycles. The summed E-state index contributed by atoms with van der Waals surface area (Å²) in [6.45, 7) is 4.69. The van der Waals surface area contributed by atoms with E-state index < -0.39 is 53.7 Å². The monoisotopic (exact) mass is 543 g/mol. The molecule has 39 heavy (non-hydrogen) atoms. The number of carbonyl (C=O) groups is 2. The Kier molecular flexibility index (Phi) is 5.94. The molecule has 7 rings (SSSR count). The zero-order valence-electron chi connectivity index (χ0n) is 22.1. The molecule has 6 nitrogen and oxygen atoms in total. The van der Waals surface area contributed by atoms with Gasteiger partial charge in [0, 0.05) is 30.2 Å². The fraction of sp³-hybridized carbons (Fsp3) is 0.667. The van der Waals surface area contributed by atoms with E-state index in [1.807, 2.05) is 6.07 Å². The van der Waals surface area contributed by atoms with Crippen molar-refractivity contribution in [3.05, 3.63) is 36.0 Å². The third-order valence-corrected chi connectivity index (χ3v) is 10.9. The average Bonchev–Trinajstić information content (AvgIpc) is 3.24. The molecule has 2 bridgehead atoms. The van der Waals surface area contributed by atoms with Gasteiger partial charge in [-0.05, 0) is 92.8 Å². The first-order valence-corrected chi connectivity index (χ1v) is 14.5. The van der Waals surface area contributed by atoms with Crippen molar-refractivity contribution in [2.75, 3.05) is 26.2 Å². The number of aromatic amines is 1. The van der Waals surface area contributed by atoms with Gasteiger partial charge in [-0.1, -0.05) is 18.2 Å². The number of nitrogens with one attached hydrogen (secondary N) is 1. The van der Waals surface area contributed by atoms with E-state index in [2.05, 4.69) is 34.3 Å². The molecule has 1 aromatic carbocycles. The van der Waals surface area contributed by atoms with Gasteiger partial charge in [0.2, 0.25) is 11.8 Å². The number of H-pyrrole nitrogens is 1. The van der Waals surface area contributed by atoms with Gasteiger partial charge in [0.15, 0.2) is 0 Å². The van der Waals surface area contributed by atoms with Crippen LogP contribution in [0.5, 0.6) is 0 Å². The molecule has 3 saturated carbocycles. The highest BCUT2D eigenvalue weighted by Crippen LogP contribution is 2.65. The van der Waals surface area contributed by atoms with Crippen LogP contribution >= 0.6 is 0 Å². The highest BCUT2D eigenvalue weighted by Gasteiger charge is 2.72. The van der Waals surface area contributed by atoms with Gasteiger partial charge in [-0.2, -0.15) is 13.2 Å². The normalized spacial score (nSPS) is 37.7. The number of alkyl halides is 3. The second-order valence-corrected chi connectivity index (χ2v) is 12.9. The molecule has 2 aliphatic heterocycles. The van der Waals surface area contributed by atoms with E-state index in [-0.39, 0.29) is 18.2 Å². The number of rotatable bonds is 6. The molecule has 2 saturated heterocycles. The summed E-state index contributed by atoms with van der Waals surface area (Å²) in [5.74, 6) is -5.26. The first-order valence-electron chi connectivity index (χ1n) is 14.5. The highest BCUT2D eigenvalue weighted by atomic mass is 19.4. The number of likely N-dealkylation sites (tertiary alicyclic amines) is 2.